The van der Waals surface area contributed by atoms with Gasteiger partial charge in [0.1, 0.15) is 0 Å². The van der Waals surface area contributed by atoms with Crippen LogP contribution in [0.4, 0.5) is 5.69 Å². The van der Waals surface area contributed by atoms with Gasteiger partial charge in [-0.2, -0.15) is 5.10 Å². The number of carbonyl (C=O) groups is 3. The summed E-state index contributed by atoms with van der Waals surface area (Å²) in [6.07, 6.45) is 1.33. The number of halogens is 4. The number of hydrogen-bond acceptors (Lipinski definition) is 5. The van der Waals surface area contributed by atoms with E-state index in [1.807, 2.05) is 6.07 Å². The summed E-state index contributed by atoms with van der Waals surface area (Å²) in [6, 6.07) is 22.9. The number of nitrogens with zero attached hydrogens (tertiary/aromatic N) is 1. The van der Waals surface area contributed by atoms with Crippen molar-refractivity contribution < 1.29 is 19.1 Å². The van der Waals surface area contributed by atoms with E-state index < -0.39 is 11.9 Å². The lowest BCUT2D eigenvalue weighted by atomic mass is 10.1. The molecule has 0 radical (unpaired) electrons. The molecular formula is C28H17Br2Cl2N3O4. The second kappa shape index (κ2) is 13.0. The normalized spacial score (nSPS) is 10.8. The summed E-state index contributed by atoms with van der Waals surface area (Å²) in [4.78, 5) is 37.9. The molecule has 0 aliphatic rings. The van der Waals surface area contributed by atoms with Crippen LogP contribution in [0.3, 0.4) is 0 Å². The second-order valence-electron chi connectivity index (χ2n) is 7.92. The van der Waals surface area contributed by atoms with Gasteiger partial charge in [-0.05, 0) is 76.6 Å². The molecule has 0 aromatic heterocycles. The van der Waals surface area contributed by atoms with Crippen LogP contribution in [0.5, 0.6) is 5.75 Å². The molecule has 0 aliphatic carbocycles. The van der Waals surface area contributed by atoms with Crippen molar-refractivity contribution in [3.05, 3.63) is 126 Å². The predicted molar refractivity (Wildman–Crippen MR) is 159 cm³/mol. The van der Waals surface area contributed by atoms with Gasteiger partial charge in [-0.1, -0.05) is 63.4 Å². The first-order valence-corrected chi connectivity index (χ1v) is 13.5. The average Bonchev–Trinajstić information content (AvgIpc) is 2.91. The Morgan fingerprint density at radius 2 is 1.56 bits per heavy atom. The van der Waals surface area contributed by atoms with Gasteiger partial charge in [0.15, 0.2) is 5.75 Å². The van der Waals surface area contributed by atoms with Crippen LogP contribution in [-0.4, -0.2) is 24.0 Å². The number of esters is 1. The van der Waals surface area contributed by atoms with Gasteiger partial charge in [-0.3, -0.25) is 9.59 Å². The van der Waals surface area contributed by atoms with Gasteiger partial charge < -0.3 is 10.1 Å². The van der Waals surface area contributed by atoms with E-state index in [9.17, 15) is 14.4 Å². The molecule has 0 heterocycles. The molecule has 0 fully saturated rings. The van der Waals surface area contributed by atoms with E-state index in [0.29, 0.717) is 30.8 Å². The van der Waals surface area contributed by atoms with E-state index in [0.717, 1.165) is 0 Å². The first kappa shape index (κ1) is 28.5. The first-order chi connectivity index (χ1) is 18.7. The molecule has 196 valence electrons. The maximum Gasteiger partial charge on any atom is 0.345 e. The van der Waals surface area contributed by atoms with Gasteiger partial charge >= 0.3 is 5.97 Å². The molecule has 0 unspecified atom stereocenters. The number of nitrogens with one attached hydrogen (secondary N) is 2. The third kappa shape index (κ3) is 7.54. The molecule has 4 rings (SSSR count). The van der Waals surface area contributed by atoms with Gasteiger partial charge in [-0.25, -0.2) is 10.2 Å². The van der Waals surface area contributed by atoms with Crippen LogP contribution in [0, 0.1) is 0 Å². The molecule has 0 atom stereocenters. The summed E-state index contributed by atoms with van der Waals surface area (Å²) >= 11 is 18.8. The van der Waals surface area contributed by atoms with Crippen molar-refractivity contribution >= 4 is 84.7 Å². The fourth-order valence-corrected chi connectivity index (χ4v) is 5.17. The molecule has 0 aliphatic heterocycles. The fraction of sp³-hybridized carbons (Fsp3) is 0. The van der Waals surface area contributed by atoms with E-state index in [1.54, 1.807) is 54.6 Å². The van der Waals surface area contributed by atoms with Crippen molar-refractivity contribution in [3.63, 3.8) is 0 Å². The van der Waals surface area contributed by atoms with Gasteiger partial charge in [0.2, 0.25) is 0 Å². The third-order valence-corrected chi connectivity index (χ3v) is 6.77. The van der Waals surface area contributed by atoms with E-state index in [4.69, 9.17) is 27.9 Å². The summed E-state index contributed by atoms with van der Waals surface area (Å²) in [5.74, 6) is -1.35. The summed E-state index contributed by atoms with van der Waals surface area (Å²) < 4.78 is 6.73. The number of benzene rings is 4. The monoisotopic (exact) mass is 687 g/mol. The Hall–Kier alpha value is -3.50. The van der Waals surface area contributed by atoms with Crippen LogP contribution < -0.4 is 15.5 Å². The molecule has 7 nitrogen and oxygen atoms in total. The number of rotatable bonds is 7. The minimum absolute atomic E-state index is 0.131. The van der Waals surface area contributed by atoms with Crippen LogP contribution in [0.15, 0.2) is 99.0 Å². The van der Waals surface area contributed by atoms with Gasteiger partial charge in [0, 0.05) is 31.9 Å². The van der Waals surface area contributed by atoms with Crippen molar-refractivity contribution in [1.29, 1.82) is 0 Å². The number of ether oxygens (including phenoxy) is 1. The van der Waals surface area contributed by atoms with Crippen molar-refractivity contribution in [1.82, 2.24) is 5.43 Å². The molecular weight excluding hydrogens is 673 g/mol. The molecule has 11 heteroatoms. The Kier molecular flexibility index (Phi) is 9.53. The lowest BCUT2D eigenvalue weighted by molar-refractivity contribution is 0.0732. The molecule has 4 aromatic rings. The standard InChI is InChI=1S/C28H17Br2Cl2N3O4/c29-19-11-18(25(23(30)13-19)39-28(38)22-10-9-20(31)14-24(22)32)15-33-35-27(37)17-7-4-8-21(12-17)34-26(36)16-5-2-1-3-6-16/h1-15H,(H,34,36)(H,35,37). The minimum Gasteiger partial charge on any atom is -0.421 e. The van der Waals surface area contributed by atoms with Crippen LogP contribution >= 0.6 is 55.1 Å². The number of hydrogen-bond donors (Lipinski definition) is 2. The quantitative estimate of drug-likeness (QED) is 0.0898. The topological polar surface area (TPSA) is 96.9 Å². The Bertz CT molecular complexity index is 1600. The third-order valence-electron chi connectivity index (χ3n) is 5.17. The van der Waals surface area contributed by atoms with E-state index in [-0.39, 0.29) is 27.8 Å². The zero-order chi connectivity index (χ0) is 27.9. The molecule has 0 bridgehead atoms. The Morgan fingerprint density at radius 1 is 0.821 bits per heavy atom. The van der Waals surface area contributed by atoms with Crippen LogP contribution in [0.2, 0.25) is 10.0 Å². The minimum atomic E-state index is -0.701. The number of anilines is 1. The van der Waals surface area contributed by atoms with Gasteiger partial charge in [0.25, 0.3) is 11.8 Å². The zero-order valence-corrected chi connectivity index (χ0v) is 24.4. The summed E-state index contributed by atoms with van der Waals surface area (Å²) in [6.45, 7) is 0. The smallest absolute Gasteiger partial charge is 0.345 e. The summed E-state index contributed by atoms with van der Waals surface area (Å²) in [7, 11) is 0. The summed E-state index contributed by atoms with van der Waals surface area (Å²) in [5, 5.41) is 7.31. The molecule has 0 saturated carbocycles. The van der Waals surface area contributed by atoms with Crippen LogP contribution in [0.1, 0.15) is 36.6 Å². The van der Waals surface area contributed by atoms with Gasteiger partial charge in [0.05, 0.1) is 21.3 Å². The Labute approximate surface area is 250 Å². The largest absolute Gasteiger partial charge is 0.421 e. The van der Waals surface area contributed by atoms with E-state index in [2.05, 4.69) is 47.7 Å². The average molecular weight is 690 g/mol. The Balaban J connectivity index is 1.48. The van der Waals surface area contributed by atoms with Crippen molar-refractivity contribution in [2.45, 2.75) is 0 Å². The fourth-order valence-electron chi connectivity index (χ4n) is 3.34. The number of amides is 2. The predicted octanol–water partition coefficient (Wildman–Crippen LogP) is 7.75. The maximum absolute atomic E-state index is 12.8. The lowest BCUT2D eigenvalue weighted by Gasteiger charge is -2.11. The van der Waals surface area contributed by atoms with Crippen molar-refractivity contribution in [2.75, 3.05) is 5.32 Å². The second-order valence-corrected chi connectivity index (χ2v) is 10.5. The zero-order valence-electron chi connectivity index (χ0n) is 19.8. The van der Waals surface area contributed by atoms with Crippen molar-refractivity contribution in [3.8, 4) is 5.75 Å². The highest BCUT2D eigenvalue weighted by Crippen LogP contribution is 2.33. The summed E-state index contributed by atoms with van der Waals surface area (Å²) in [5.41, 5.74) is 4.17. The SMILES string of the molecule is O=C(NN=Cc1cc(Br)cc(Br)c1OC(=O)c1ccc(Cl)cc1Cl)c1cccc(NC(=O)c2ccccc2)c1. The molecule has 4 aromatic carbocycles. The van der Waals surface area contributed by atoms with Gasteiger partial charge in [-0.15, -0.1) is 0 Å². The number of carbonyl (C=O) groups excluding carboxylic acids is 3. The molecule has 2 amide bonds. The molecule has 0 spiro atoms. The van der Waals surface area contributed by atoms with E-state index >= 15 is 0 Å². The van der Waals surface area contributed by atoms with E-state index in [1.165, 1.54) is 30.5 Å². The first-order valence-electron chi connectivity index (χ1n) is 11.2. The molecule has 2 N–H and O–H groups in total. The number of hydrazone groups is 1. The highest BCUT2D eigenvalue weighted by Gasteiger charge is 2.18. The highest BCUT2D eigenvalue weighted by atomic mass is 79.9. The highest BCUT2D eigenvalue weighted by molar-refractivity contribution is 9.11. The lowest BCUT2D eigenvalue weighted by Crippen LogP contribution is -2.18. The van der Waals surface area contributed by atoms with Crippen molar-refractivity contribution in [2.24, 2.45) is 5.10 Å². The molecule has 39 heavy (non-hydrogen) atoms. The Morgan fingerprint density at radius 3 is 2.31 bits per heavy atom. The van der Waals surface area contributed by atoms with Crippen LogP contribution in [0.25, 0.3) is 0 Å². The maximum atomic E-state index is 12.8. The van der Waals surface area contributed by atoms with Crippen LogP contribution in [-0.2, 0) is 0 Å². The molecule has 0 saturated heterocycles.